The van der Waals surface area contributed by atoms with Gasteiger partial charge in [0.1, 0.15) is 5.83 Å². The largest absolute Gasteiger partial charge is 0.206 e. The van der Waals surface area contributed by atoms with Crippen LogP contribution in [0.1, 0.15) is 13.8 Å². The minimum Gasteiger partial charge on any atom is -0.206 e. The molecule has 1 heteroatoms. The average molecular weight is 122 g/mol. The first kappa shape index (κ1) is 6.10. The van der Waals surface area contributed by atoms with Crippen LogP contribution >= 0.6 is 0 Å². The van der Waals surface area contributed by atoms with Gasteiger partial charge in [-0.25, -0.2) is 4.39 Å². The molecule has 0 radical (unpaired) electrons. The average Bonchev–Trinajstić information content (AvgIpc) is 1.80. The van der Waals surface area contributed by atoms with Crippen LogP contribution in [0.4, 0.5) is 4.39 Å². The van der Waals surface area contributed by atoms with Crippen molar-refractivity contribution in [1.29, 1.82) is 0 Å². The standard InChI is InChI=1S/C8H7F/c1-6-3-4-7(2)8(9)5-6/h5H,1-2H3. The molecule has 0 N–H and O–H groups in total. The Morgan fingerprint density at radius 3 is 2.44 bits per heavy atom. The zero-order valence-electron chi connectivity index (χ0n) is 5.46. The van der Waals surface area contributed by atoms with Gasteiger partial charge in [-0.15, -0.1) is 0 Å². The second-order valence-corrected chi connectivity index (χ2v) is 2.05. The molecule has 1 rings (SSSR count). The van der Waals surface area contributed by atoms with Crippen molar-refractivity contribution < 1.29 is 4.39 Å². The van der Waals surface area contributed by atoms with E-state index in [4.69, 9.17) is 0 Å². The van der Waals surface area contributed by atoms with Crippen LogP contribution in [0.5, 0.6) is 0 Å². The molecule has 0 saturated heterocycles. The molecule has 0 aliphatic heterocycles. The van der Waals surface area contributed by atoms with Crippen LogP contribution in [0.15, 0.2) is 34.5 Å². The lowest BCUT2D eigenvalue weighted by Gasteiger charge is -1.94. The second-order valence-electron chi connectivity index (χ2n) is 2.05. The fourth-order valence-electron chi connectivity index (χ4n) is 0.586. The molecule has 0 heterocycles. The third kappa shape index (κ3) is 1.20. The summed E-state index contributed by atoms with van der Waals surface area (Å²) < 4.78 is 12.5. The summed E-state index contributed by atoms with van der Waals surface area (Å²) in [7, 11) is 0. The fraction of sp³-hybridized carbons (Fsp3) is 0.250. The van der Waals surface area contributed by atoms with Crippen LogP contribution < -0.4 is 0 Å². The van der Waals surface area contributed by atoms with Crippen LogP contribution in [-0.2, 0) is 0 Å². The SMILES string of the molecule is CC1=C=C=C(C)C(F)=C1. The molecule has 0 fully saturated rings. The van der Waals surface area contributed by atoms with Crippen molar-refractivity contribution in [3.63, 3.8) is 0 Å². The summed E-state index contributed by atoms with van der Waals surface area (Å²) in [6.07, 6.45) is 1.45. The normalized spacial score (nSPS) is 16.6. The molecule has 1 aliphatic carbocycles. The van der Waals surface area contributed by atoms with Crippen LogP contribution in [0.3, 0.4) is 0 Å². The third-order valence-corrected chi connectivity index (χ3v) is 1.15. The van der Waals surface area contributed by atoms with E-state index in [2.05, 4.69) is 11.5 Å². The van der Waals surface area contributed by atoms with Crippen LogP contribution in [-0.4, -0.2) is 0 Å². The summed E-state index contributed by atoms with van der Waals surface area (Å²) in [6, 6.07) is 0. The zero-order chi connectivity index (χ0) is 6.85. The minimum absolute atomic E-state index is 0.203. The lowest BCUT2D eigenvalue weighted by molar-refractivity contribution is 0.650. The number of rotatable bonds is 0. The van der Waals surface area contributed by atoms with Gasteiger partial charge in [-0.1, -0.05) is 11.5 Å². The van der Waals surface area contributed by atoms with E-state index >= 15 is 0 Å². The summed E-state index contributed by atoms with van der Waals surface area (Å²) in [5, 5.41) is 0. The van der Waals surface area contributed by atoms with Gasteiger partial charge < -0.3 is 0 Å². The van der Waals surface area contributed by atoms with Crippen molar-refractivity contribution in [3.8, 4) is 0 Å². The number of hydrogen-bond acceptors (Lipinski definition) is 0. The van der Waals surface area contributed by atoms with Gasteiger partial charge in [0.2, 0.25) is 0 Å². The van der Waals surface area contributed by atoms with E-state index in [-0.39, 0.29) is 5.83 Å². The smallest absolute Gasteiger partial charge is 0.135 e. The molecule has 0 saturated carbocycles. The quantitative estimate of drug-likeness (QED) is 0.433. The number of halogens is 1. The highest BCUT2D eigenvalue weighted by atomic mass is 19.1. The highest BCUT2D eigenvalue weighted by Crippen LogP contribution is 2.14. The summed E-state index contributed by atoms with van der Waals surface area (Å²) in [4.78, 5) is 0. The molecule has 0 bridgehead atoms. The van der Waals surface area contributed by atoms with Crippen molar-refractivity contribution in [1.82, 2.24) is 0 Å². The first-order chi connectivity index (χ1) is 4.20. The first-order valence-corrected chi connectivity index (χ1v) is 2.77. The predicted molar refractivity (Wildman–Crippen MR) is 34.6 cm³/mol. The van der Waals surface area contributed by atoms with E-state index < -0.39 is 0 Å². The topological polar surface area (TPSA) is 0 Å². The van der Waals surface area contributed by atoms with Crippen molar-refractivity contribution in [2.45, 2.75) is 13.8 Å². The maximum atomic E-state index is 12.5. The minimum atomic E-state index is -0.203. The highest BCUT2D eigenvalue weighted by molar-refractivity contribution is 5.34. The van der Waals surface area contributed by atoms with Gasteiger partial charge in [-0.05, 0) is 19.9 Å². The van der Waals surface area contributed by atoms with Gasteiger partial charge >= 0.3 is 0 Å². The van der Waals surface area contributed by atoms with Crippen LogP contribution in [0.2, 0.25) is 0 Å². The highest BCUT2D eigenvalue weighted by Gasteiger charge is 1.98. The summed E-state index contributed by atoms with van der Waals surface area (Å²) >= 11 is 0. The molecular formula is C8H7F. The molecule has 1 aliphatic rings. The van der Waals surface area contributed by atoms with E-state index in [1.54, 1.807) is 13.8 Å². The summed E-state index contributed by atoms with van der Waals surface area (Å²) in [5.74, 6) is -0.203. The second kappa shape index (κ2) is 2.06. The van der Waals surface area contributed by atoms with Gasteiger partial charge in [0.15, 0.2) is 0 Å². The molecule has 0 aromatic carbocycles. The van der Waals surface area contributed by atoms with Gasteiger partial charge in [0.05, 0.1) is 0 Å². The Hall–Kier alpha value is -1.03. The van der Waals surface area contributed by atoms with Gasteiger partial charge in [0.25, 0.3) is 0 Å². The van der Waals surface area contributed by atoms with Gasteiger partial charge in [-0.3, -0.25) is 0 Å². The Labute approximate surface area is 53.7 Å². The van der Waals surface area contributed by atoms with Crippen molar-refractivity contribution >= 4 is 0 Å². The maximum absolute atomic E-state index is 12.5. The monoisotopic (exact) mass is 122 g/mol. The molecule has 9 heavy (non-hydrogen) atoms. The maximum Gasteiger partial charge on any atom is 0.135 e. The van der Waals surface area contributed by atoms with E-state index in [1.807, 2.05) is 0 Å². The first-order valence-electron chi connectivity index (χ1n) is 2.77. The third-order valence-electron chi connectivity index (χ3n) is 1.15. The Morgan fingerprint density at radius 1 is 1.33 bits per heavy atom. The molecule has 0 aromatic heterocycles. The van der Waals surface area contributed by atoms with E-state index in [0.29, 0.717) is 5.57 Å². The van der Waals surface area contributed by atoms with Crippen molar-refractivity contribution in [2.24, 2.45) is 0 Å². The molecule has 0 aromatic rings. The van der Waals surface area contributed by atoms with Gasteiger partial charge in [-0.2, -0.15) is 0 Å². The molecule has 0 amide bonds. The summed E-state index contributed by atoms with van der Waals surface area (Å²) in [6.45, 7) is 3.46. The van der Waals surface area contributed by atoms with E-state index in [1.165, 1.54) is 6.08 Å². The Kier molecular flexibility index (Phi) is 1.40. The van der Waals surface area contributed by atoms with E-state index in [9.17, 15) is 4.39 Å². The lowest BCUT2D eigenvalue weighted by Crippen LogP contribution is -1.79. The molecule has 0 spiro atoms. The predicted octanol–water partition coefficient (Wildman–Crippen LogP) is 2.50. The molecule has 46 valence electrons. The number of allylic oxidation sites excluding steroid dienone is 4. The van der Waals surface area contributed by atoms with Crippen molar-refractivity contribution in [3.05, 3.63) is 34.5 Å². The zero-order valence-corrected chi connectivity index (χ0v) is 5.46. The number of hydrogen-bond donors (Lipinski definition) is 0. The van der Waals surface area contributed by atoms with Crippen LogP contribution in [0, 0.1) is 0 Å². The lowest BCUT2D eigenvalue weighted by atomic mass is 10.1. The van der Waals surface area contributed by atoms with Crippen LogP contribution in [0.25, 0.3) is 0 Å². The van der Waals surface area contributed by atoms with E-state index in [0.717, 1.165) is 5.57 Å². The fourth-order valence-corrected chi connectivity index (χ4v) is 0.586. The Balaban J connectivity index is 3.23. The Bertz CT molecular complexity index is 256. The van der Waals surface area contributed by atoms with Gasteiger partial charge in [0, 0.05) is 11.1 Å². The molecule has 0 nitrogen and oxygen atoms in total. The molecule has 0 unspecified atom stereocenters. The Morgan fingerprint density at radius 2 is 2.00 bits per heavy atom. The molecular weight excluding hydrogens is 115 g/mol. The molecule has 0 atom stereocenters. The van der Waals surface area contributed by atoms with Crippen molar-refractivity contribution in [2.75, 3.05) is 0 Å². The summed E-state index contributed by atoms with van der Waals surface area (Å²) in [5.41, 5.74) is 6.76.